The van der Waals surface area contributed by atoms with E-state index in [0.717, 1.165) is 0 Å². The predicted octanol–water partition coefficient (Wildman–Crippen LogP) is 5.43. The Bertz CT molecular complexity index is 1370. The molecule has 0 fully saturated rings. The van der Waals surface area contributed by atoms with Crippen molar-refractivity contribution in [3.8, 4) is 33.3 Å². The van der Waals surface area contributed by atoms with Crippen LogP contribution in [0.1, 0.15) is 0 Å². The number of rotatable bonds is 7. The highest BCUT2D eigenvalue weighted by atomic mass is 32.2. The van der Waals surface area contributed by atoms with Crippen molar-refractivity contribution in [2.75, 3.05) is 18.9 Å². The molecule has 0 radical (unpaired) electrons. The Morgan fingerprint density at radius 1 is 0.938 bits per heavy atom. The van der Waals surface area contributed by atoms with Gasteiger partial charge in [-0.3, -0.25) is 4.72 Å². The molecule has 0 saturated carbocycles. The number of anilines is 1. The predicted molar refractivity (Wildman–Crippen MR) is 123 cm³/mol. The molecule has 0 atom stereocenters. The van der Waals surface area contributed by atoms with E-state index in [1.807, 2.05) is 0 Å². The summed E-state index contributed by atoms with van der Waals surface area (Å²) in [5.74, 6) is 0.267. The summed E-state index contributed by atoms with van der Waals surface area (Å²) in [6, 6.07) is 17.7. The average molecular weight is 471 g/mol. The van der Waals surface area contributed by atoms with Gasteiger partial charge in [-0.05, 0) is 30.3 Å². The fourth-order valence-corrected chi connectivity index (χ4v) is 5.23. The standard InChI is InChI=1S/C23H19FN2O4S2/c1-29-15-11-12-22(21(13-15)30-2)32(27,28)26-19-10-6-4-8-17(19)20-14-31-23(25-20)16-7-3-5-9-18(16)24/h3-14,26H,1-2H3. The molecule has 164 valence electrons. The summed E-state index contributed by atoms with van der Waals surface area (Å²) in [5, 5.41) is 2.27. The van der Waals surface area contributed by atoms with Gasteiger partial charge < -0.3 is 9.47 Å². The van der Waals surface area contributed by atoms with Crippen molar-refractivity contribution < 1.29 is 22.3 Å². The van der Waals surface area contributed by atoms with Crippen LogP contribution in [0.15, 0.2) is 77.0 Å². The van der Waals surface area contributed by atoms with E-state index in [4.69, 9.17) is 9.47 Å². The van der Waals surface area contributed by atoms with E-state index < -0.39 is 10.0 Å². The Labute approximate surface area is 189 Å². The number of sulfonamides is 1. The Kier molecular flexibility index (Phi) is 6.11. The molecular weight excluding hydrogens is 451 g/mol. The molecule has 0 unspecified atom stereocenters. The van der Waals surface area contributed by atoms with Gasteiger partial charge in [0.2, 0.25) is 0 Å². The average Bonchev–Trinajstić information content (AvgIpc) is 3.28. The van der Waals surface area contributed by atoms with E-state index in [2.05, 4.69) is 9.71 Å². The number of para-hydroxylation sites is 1. The van der Waals surface area contributed by atoms with E-state index in [1.54, 1.807) is 53.9 Å². The van der Waals surface area contributed by atoms with Crippen LogP contribution in [0.5, 0.6) is 11.5 Å². The molecule has 1 heterocycles. The number of nitrogens with zero attached hydrogens (tertiary/aromatic N) is 1. The largest absolute Gasteiger partial charge is 0.497 e. The van der Waals surface area contributed by atoms with Gasteiger partial charge in [0.25, 0.3) is 10.0 Å². The fourth-order valence-electron chi connectivity index (χ4n) is 3.15. The Hall–Kier alpha value is -3.43. The number of methoxy groups -OCH3 is 2. The number of hydrogen-bond acceptors (Lipinski definition) is 6. The van der Waals surface area contributed by atoms with E-state index in [-0.39, 0.29) is 16.5 Å². The van der Waals surface area contributed by atoms with Crippen LogP contribution >= 0.6 is 11.3 Å². The molecule has 0 saturated heterocycles. The quantitative estimate of drug-likeness (QED) is 0.390. The third-order valence-electron chi connectivity index (χ3n) is 4.72. The topological polar surface area (TPSA) is 77.5 Å². The molecular formula is C23H19FN2O4S2. The number of benzene rings is 3. The molecule has 0 aliphatic rings. The van der Waals surface area contributed by atoms with Gasteiger partial charge in [0, 0.05) is 22.6 Å². The first-order valence-electron chi connectivity index (χ1n) is 9.47. The fraction of sp³-hybridized carbons (Fsp3) is 0.0870. The molecule has 0 aliphatic carbocycles. The normalized spacial score (nSPS) is 11.2. The van der Waals surface area contributed by atoms with Gasteiger partial charge in [-0.2, -0.15) is 0 Å². The molecule has 1 aromatic heterocycles. The van der Waals surface area contributed by atoms with Gasteiger partial charge >= 0.3 is 0 Å². The number of halogens is 1. The van der Waals surface area contributed by atoms with Crippen LogP contribution in [0, 0.1) is 5.82 Å². The second-order valence-corrected chi connectivity index (χ2v) is 9.19. The molecule has 0 bridgehead atoms. The van der Waals surface area contributed by atoms with Gasteiger partial charge in [-0.1, -0.05) is 30.3 Å². The summed E-state index contributed by atoms with van der Waals surface area (Å²) < 4.78 is 53.4. The van der Waals surface area contributed by atoms with Gasteiger partial charge in [-0.25, -0.2) is 17.8 Å². The highest BCUT2D eigenvalue weighted by Gasteiger charge is 2.22. The number of aromatic nitrogens is 1. The van der Waals surface area contributed by atoms with Gasteiger partial charge in [-0.15, -0.1) is 11.3 Å². The Morgan fingerprint density at radius 3 is 2.38 bits per heavy atom. The highest BCUT2D eigenvalue weighted by Crippen LogP contribution is 2.36. The van der Waals surface area contributed by atoms with Gasteiger partial charge in [0.05, 0.1) is 25.6 Å². The first-order valence-corrected chi connectivity index (χ1v) is 11.8. The van der Waals surface area contributed by atoms with Gasteiger partial charge in [0.1, 0.15) is 27.2 Å². The maximum atomic E-state index is 14.2. The van der Waals surface area contributed by atoms with Crippen LogP contribution in [0.25, 0.3) is 21.8 Å². The van der Waals surface area contributed by atoms with Crippen LogP contribution in [0.4, 0.5) is 10.1 Å². The lowest BCUT2D eigenvalue weighted by Gasteiger charge is -2.14. The number of nitrogens with one attached hydrogen (secondary N) is 1. The second-order valence-electron chi connectivity index (χ2n) is 6.69. The van der Waals surface area contributed by atoms with E-state index in [0.29, 0.717) is 33.3 Å². The van der Waals surface area contributed by atoms with Crippen molar-refractivity contribution in [1.82, 2.24) is 4.98 Å². The summed E-state index contributed by atoms with van der Waals surface area (Å²) in [6.45, 7) is 0. The SMILES string of the molecule is COc1ccc(S(=O)(=O)Nc2ccccc2-c2csc(-c3ccccc3F)n2)c(OC)c1. The summed E-state index contributed by atoms with van der Waals surface area (Å²) in [4.78, 5) is 4.51. The van der Waals surface area contributed by atoms with Crippen molar-refractivity contribution in [2.24, 2.45) is 0 Å². The maximum Gasteiger partial charge on any atom is 0.265 e. The maximum absolute atomic E-state index is 14.2. The van der Waals surface area contributed by atoms with Crippen LogP contribution in [0.3, 0.4) is 0 Å². The Balaban J connectivity index is 1.71. The van der Waals surface area contributed by atoms with E-state index >= 15 is 0 Å². The minimum Gasteiger partial charge on any atom is -0.497 e. The molecule has 32 heavy (non-hydrogen) atoms. The third kappa shape index (κ3) is 4.30. The summed E-state index contributed by atoms with van der Waals surface area (Å²) in [6.07, 6.45) is 0. The molecule has 0 aliphatic heterocycles. The van der Waals surface area contributed by atoms with Crippen molar-refractivity contribution in [3.63, 3.8) is 0 Å². The second kappa shape index (κ2) is 8.97. The molecule has 0 amide bonds. The van der Waals surface area contributed by atoms with E-state index in [9.17, 15) is 12.8 Å². The first-order chi connectivity index (χ1) is 15.4. The van der Waals surface area contributed by atoms with Crippen LogP contribution in [-0.4, -0.2) is 27.6 Å². The lowest BCUT2D eigenvalue weighted by molar-refractivity contribution is 0.386. The number of thiazole rings is 1. The molecule has 0 spiro atoms. The number of ether oxygens (including phenoxy) is 2. The molecule has 4 rings (SSSR count). The lowest BCUT2D eigenvalue weighted by Crippen LogP contribution is -2.14. The zero-order chi connectivity index (χ0) is 22.7. The molecule has 1 N–H and O–H groups in total. The molecule has 4 aromatic rings. The van der Waals surface area contributed by atoms with Crippen LogP contribution in [-0.2, 0) is 10.0 Å². The first kappa shape index (κ1) is 21.8. The lowest BCUT2D eigenvalue weighted by atomic mass is 10.1. The van der Waals surface area contributed by atoms with Gasteiger partial charge in [0.15, 0.2) is 0 Å². The van der Waals surface area contributed by atoms with Crippen molar-refractivity contribution in [2.45, 2.75) is 4.90 Å². The minimum atomic E-state index is -3.98. The van der Waals surface area contributed by atoms with Crippen LogP contribution in [0.2, 0.25) is 0 Å². The summed E-state index contributed by atoms with van der Waals surface area (Å²) in [7, 11) is -1.10. The smallest absolute Gasteiger partial charge is 0.265 e. The van der Waals surface area contributed by atoms with E-state index in [1.165, 1.54) is 43.8 Å². The van der Waals surface area contributed by atoms with Crippen molar-refractivity contribution in [1.29, 1.82) is 0 Å². The number of hydrogen-bond donors (Lipinski definition) is 1. The zero-order valence-electron chi connectivity index (χ0n) is 17.2. The summed E-state index contributed by atoms with van der Waals surface area (Å²) >= 11 is 1.28. The summed E-state index contributed by atoms with van der Waals surface area (Å²) in [5.41, 5.74) is 1.84. The minimum absolute atomic E-state index is 0.0269. The Morgan fingerprint density at radius 2 is 1.66 bits per heavy atom. The van der Waals surface area contributed by atoms with Crippen molar-refractivity contribution in [3.05, 3.63) is 77.9 Å². The van der Waals surface area contributed by atoms with Crippen LogP contribution < -0.4 is 14.2 Å². The van der Waals surface area contributed by atoms with Crippen molar-refractivity contribution >= 4 is 27.0 Å². The highest BCUT2D eigenvalue weighted by molar-refractivity contribution is 7.92. The molecule has 3 aromatic carbocycles. The molecule has 6 nitrogen and oxygen atoms in total. The third-order valence-corrected chi connectivity index (χ3v) is 7.00. The molecule has 9 heteroatoms. The zero-order valence-corrected chi connectivity index (χ0v) is 18.8. The monoisotopic (exact) mass is 470 g/mol.